The quantitative estimate of drug-likeness (QED) is 0.256. The Labute approximate surface area is 222 Å². The summed E-state index contributed by atoms with van der Waals surface area (Å²) >= 11 is 0. The Bertz CT molecular complexity index is 1870. The van der Waals surface area contributed by atoms with E-state index in [0.29, 0.717) is 0 Å². The van der Waals surface area contributed by atoms with Crippen LogP contribution < -0.4 is 5.32 Å². The third-order valence-corrected chi connectivity index (χ3v) is 7.18. The summed E-state index contributed by atoms with van der Waals surface area (Å²) in [5.41, 5.74) is 10.5. The number of anilines is 2. The fourth-order valence-electron chi connectivity index (χ4n) is 5.37. The molecule has 0 aliphatic heterocycles. The molecule has 7 rings (SSSR count). The number of nitrogens with one attached hydrogen (secondary N) is 1. The number of fused-ring (bicyclic) bond motifs is 3. The Balaban J connectivity index is 1.39. The number of nitrogens with zero attached hydrogens (tertiary/aromatic N) is 1. The van der Waals surface area contributed by atoms with Gasteiger partial charge in [-0.3, -0.25) is 0 Å². The highest BCUT2D eigenvalue weighted by Crippen LogP contribution is 2.38. The van der Waals surface area contributed by atoms with Gasteiger partial charge in [0, 0.05) is 33.4 Å². The number of benzene rings is 6. The van der Waals surface area contributed by atoms with Crippen LogP contribution >= 0.6 is 0 Å². The summed E-state index contributed by atoms with van der Waals surface area (Å²) in [5.74, 6) is 0. The molecule has 0 saturated heterocycles. The minimum absolute atomic E-state index is 1.08. The van der Waals surface area contributed by atoms with E-state index in [-0.39, 0.29) is 0 Å². The monoisotopic (exact) mass is 486 g/mol. The summed E-state index contributed by atoms with van der Waals surface area (Å²) in [5, 5.41) is 6.14. The Hall–Kier alpha value is -5.08. The van der Waals surface area contributed by atoms with E-state index in [1.807, 2.05) is 6.07 Å². The largest absolute Gasteiger partial charge is 0.355 e. The van der Waals surface area contributed by atoms with Gasteiger partial charge in [-0.1, -0.05) is 97.1 Å². The second-order valence-electron chi connectivity index (χ2n) is 9.54. The molecule has 2 heteroatoms. The highest BCUT2D eigenvalue weighted by molar-refractivity contribution is 6.10. The minimum atomic E-state index is 1.08. The molecule has 0 aliphatic rings. The summed E-state index contributed by atoms with van der Waals surface area (Å²) in [6, 6.07) is 53.8. The molecule has 0 fully saturated rings. The van der Waals surface area contributed by atoms with Crippen molar-refractivity contribution in [3.05, 3.63) is 152 Å². The first-order chi connectivity index (χ1) is 18.8. The third-order valence-electron chi connectivity index (χ3n) is 7.18. The molecule has 180 valence electrons. The van der Waals surface area contributed by atoms with E-state index in [9.17, 15) is 0 Å². The summed E-state index contributed by atoms with van der Waals surface area (Å²) in [6.07, 6.45) is 0. The number of rotatable bonds is 5. The average Bonchev–Trinajstić information content (AvgIpc) is 3.32. The summed E-state index contributed by atoms with van der Waals surface area (Å²) < 4.78 is 2.36. The van der Waals surface area contributed by atoms with Gasteiger partial charge in [0.15, 0.2) is 0 Å². The molecule has 0 spiro atoms. The van der Waals surface area contributed by atoms with Crippen LogP contribution in [0.5, 0.6) is 0 Å². The number of hydrogen-bond donors (Lipinski definition) is 1. The maximum absolute atomic E-state index is 3.62. The van der Waals surface area contributed by atoms with Gasteiger partial charge in [0.1, 0.15) is 0 Å². The predicted molar refractivity (Wildman–Crippen MR) is 161 cm³/mol. The molecule has 0 saturated carbocycles. The molecule has 0 radical (unpaired) electrons. The normalized spacial score (nSPS) is 11.2. The fourth-order valence-corrected chi connectivity index (χ4v) is 5.37. The van der Waals surface area contributed by atoms with Gasteiger partial charge in [-0.15, -0.1) is 0 Å². The number of para-hydroxylation sites is 3. The van der Waals surface area contributed by atoms with Gasteiger partial charge in [0.25, 0.3) is 0 Å². The van der Waals surface area contributed by atoms with Gasteiger partial charge in [-0.2, -0.15) is 0 Å². The zero-order chi connectivity index (χ0) is 25.3. The standard InChI is InChI=1S/C36H26N2/c1-4-12-26(13-5-1)32-24-27(20-22-34(32)37-29-14-6-2-7-15-29)28-21-23-36-33(25-28)31-18-10-11-19-35(31)38(36)30-16-8-3-9-17-30/h1-25,37H. The van der Waals surface area contributed by atoms with E-state index in [1.165, 1.54) is 49.7 Å². The SMILES string of the molecule is c1ccc(Nc2ccc(-c3ccc4c(c3)c3ccccc3n4-c3ccccc3)cc2-c2ccccc2)cc1. The Morgan fingerprint density at radius 3 is 1.82 bits per heavy atom. The molecular formula is C36H26N2. The zero-order valence-electron chi connectivity index (χ0n) is 20.9. The van der Waals surface area contributed by atoms with Gasteiger partial charge < -0.3 is 9.88 Å². The van der Waals surface area contributed by atoms with Gasteiger partial charge in [-0.05, 0) is 71.3 Å². The summed E-state index contributed by atoms with van der Waals surface area (Å²) in [6.45, 7) is 0. The fraction of sp³-hybridized carbons (Fsp3) is 0. The van der Waals surface area contributed by atoms with E-state index in [2.05, 4.69) is 155 Å². The zero-order valence-corrected chi connectivity index (χ0v) is 20.9. The lowest BCUT2D eigenvalue weighted by molar-refractivity contribution is 1.18. The van der Waals surface area contributed by atoms with Gasteiger partial charge >= 0.3 is 0 Å². The van der Waals surface area contributed by atoms with Gasteiger partial charge in [-0.25, -0.2) is 0 Å². The van der Waals surface area contributed by atoms with Crippen molar-refractivity contribution in [3.63, 3.8) is 0 Å². The highest BCUT2D eigenvalue weighted by Gasteiger charge is 2.14. The lowest BCUT2D eigenvalue weighted by Crippen LogP contribution is -1.94. The molecule has 0 atom stereocenters. The van der Waals surface area contributed by atoms with E-state index >= 15 is 0 Å². The second kappa shape index (κ2) is 9.42. The number of hydrogen-bond acceptors (Lipinski definition) is 1. The molecule has 38 heavy (non-hydrogen) atoms. The Kier molecular flexibility index (Phi) is 5.49. The second-order valence-corrected chi connectivity index (χ2v) is 9.54. The third kappa shape index (κ3) is 3.93. The molecule has 1 aromatic heterocycles. The van der Waals surface area contributed by atoms with E-state index in [4.69, 9.17) is 0 Å². The molecule has 0 aliphatic carbocycles. The van der Waals surface area contributed by atoms with Crippen LogP contribution in [-0.2, 0) is 0 Å². The Morgan fingerprint density at radius 1 is 0.421 bits per heavy atom. The van der Waals surface area contributed by atoms with Gasteiger partial charge in [0.2, 0.25) is 0 Å². The van der Waals surface area contributed by atoms with Crippen LogP contribution in [0.1, 0.15) is 0 Å². The van der Waals surface area contributed by atoms with Crippen molar-refractivity contribution in [1.29, 1.82) is 0 Å². The van der Waals surface area contributed by atoms with Gasteiger partial charge in [0.05, 0.1) is 11.0 Å². The van der Waals surface area contributed by atoms with Crippen LogP contribution in [0, 0.1) is 0 Å². The Morgan fingerprint density at radius 2 is 1.03 bits per heavy atom. The molecule has 0 amide bonds. The van der Waals surface area contributed by atoms with E-state index in [0.717, 1.165) is 11.4 Å². The van der Waals surface area contributed by atoms with Crippen LogP contribution in [0.2, 0.25) is 0 Å². The van der Waals surface area contributed by atoms with E-state index in [1.54, 1.807) is 0 Å². The van der Waals surface area contributed by atoms with Crippen molar-refractivity contribution in [2.75, 3.05) is 5.32 Å². The molecule has 2 nitrogen and oxygen atoms in total. The summed E-state index contributed by atoms with van der Waals surface area (Å²) in [7, 11) is 0. The molecule has 1 N–H and O–H groups in total. The van der Waals surface area contributed by atoms with Crippen molar-refractivity contribution < 1.29 is 0 Å². The summed E-state index contributed by atoms with van der Waals surface area (Å²) in [4.78, 5) is 0. The first kappa shape index (κ1) is 22.1. The minimum Gasteiger partial charge on any atom is -0.355 e. The van der Waals surface area contributed by atoms with Crippen LogP contribution in [-0.4, -0.2) is 4.57 Å². The van der Waals surface area contributed by atoms with Crippen molar-refractivity contribution >= 4 is 33.2 Å². The average molecular weight is 487 g/mol. The van der Waals surface area contributed by atoms with Crippen LogP contribution in [0.3, 0.4) is 0 Å². The predicted octanol–water partition coefficient (Wildman–Crippen LogP) is 9.86. The lowest BCUT2D eigenvalue weighted by atomic mass is 9.96. The maximum Gasteiger partial charge on any atom is 0.0541 e. The van der Waals surface area contributed by atoms with Crippen LogP contribution in [0.25, 0.3) is 49.7 Å². The first-order valence-electron chi connectivity index (χ1n) is 13.0. The molecule has 1 heterocycles. The van der Waals surface area contributed by atoms with Crippen molar-refractivity contribution in [2.45, 2.75) is 0 Å². The van der Waals surface area contributed by atoms with Crippen LogP contribution in [0.4, 0.5) is 11.4 Å². The smallest absolute Gasteiger partial charge is 0.0541 e. The molecule has 6 aromatic carbocycles. The van der Waals surface area contributed by atoms with E-state index < -0.39 is 0 Å². The van der Waals surface area contributed by atoms with Crippen molar-refractivity contribution in [3.8, 4) is 27.9 Å². The maximum atomic E-state index is 3.62. The van der Waals surface area contributed by atoms with Crippen molar-refractivity contribution in [1.82, 2.24) is 4.57 Å². The highest BCUT2D eigenvalue weighted by atomic mass is 15.0. The lowest BCUT2D eigenvalue weighted by Gasteiger charge is -2.15. The van der Waals surface area contributed by atoms with Crippen LogP contribution in [0.15, 0.2) is 152 Å². The molecule has 0 unspecified atom stereocenters. The van der Waals surface area contributed by atoms with Crippen molar-refractivity contribution in [2.24, 2.45) is 0 Å². The topological polar surface area (TPSA) is 17.0 Å². The number of aromatic nitrogens is 1. The molecule has 7 aromatic rings. The molecular weight excluding hydrogens is 460 g/mol. The molecule has 0 bridgehead atoms. The first-order valence-corrected chi connectivity index (χ1v) is 13.0.